The normalized spacial score (nSPS) is 8.92. The van der Waals surface area contributed by atoms with Crippen LogP contribution in [0, 0.1) is 0 Å². The van der Waals surface area contributed by atoms with E-state index < -0.39 is 5.97 Å². The summed E-state index contributed by atoms with van der Waals surface area (Å²) in [4.78, 5) is 10.2. The zero-order valence-electron chi connectivity index (χ0n) is 7.19. The highest BCUT2D eigenvalue weighted by molar-refractivity contribution is 5.66. The number of rotatable bonds is 4. The van der Waals surface area contributed by atoms with E-state index in [2.05, 4.69) is 0 Å². The van der Waals surface area contributed by atoms with Crippen molar-refractivity contribution in [2.24, 2.45) is 0 Å². The molecule has 0 saturated heterocycles. The van der Waals surface area contributed by atoms with E-state index in [-0.39, 0.29) is 30.4 Å². The molecule has 0 saturated carbocycles. The quantitative estimate of drug-likeness (QED) is 0.508. The molecule has 0 fully saturated rings. The summed E-state index contributed by atoms with van der Waals surface area (Å²) in [6.45, 7) is 0.771. The van der Waals surface area contributed by atoms with Crippen molar-refractivity contribution >= 4 is 5.97 Å². The second-order valence-corrected chi connectivity index (χ2v) is 2.61. The topological polar surface area (TPSA) is 41.2 Å². The van der Waals surface area contributed by atoms with Gasteiger partial charge in [0.2, 0.25) is 0 Å². The standard InChI is InChI=1S/C9H11NO2.HI/c11-9(12)5-4-8-10-6-2-1-3-7-10;/h1-3,6-7H,4-5,8H2;1H. The smallest absolute Gasteiger partial charge is 0.303 e. The van der Waals surface area contributed by atoms with E-state index >= 15 is 0 Å². The number of carboxylic acids is 1. The van der Waals surface area contributed by atoms with Gasteiger partial charge in [-0.15, -0.1) is 0 Å². The molecule has 0 aliphatic carbocycles. The molecule has 0 amide bonds. The predicted octanol–water partition coefficient (Wildman–Crippen LogP) is -2.16. The molecule has 0 unspecified atom stereocenters. The Morgan fingerprint density at radius 2 is 1.85 bits per heavy atom. The Morgan fingerprint density at radius 3 is 2.38 bits per heavy atom. The van der Waals surface area contributed by atoms with Crippen LogP contribution in [-0.2, 0) is 11.3 Å². The van der Waals surface area contributed by atoms with Gasteiger partial charge in [0.05, 0.1) is 6.42 Å². The van der Waals surface area contributed by atoms with Crippen LogP contribution in [0.2, 0.25) is 0 Å². The van der Waals surface area contributed by atoms with Gasteiger partial charge in [-0.05, 0) is 0 Å². The van der Waals surface area contributed by atoms with E-state index in [1.54, 1.807) is 0 Å². The van der Waals surface area contributed by atoms with Gasteiger partial charge in [-0.1, -0.05) is 6.07 Å². The van der Waals surface area contributed by atoms with E-state index in [9.17, 15) is 4.79 Å². The van der Waals surface area contributed by atoms with Crippen molar-refractivity contribution in [2.45, 2.75) is 19.4 Å². The third-order valence-electron chi connectivity index (χ3n) is 1.58. The number of nitrogens with zero attached hydrogens (tertiary/aromatic N) is 1. The number of aliphatic carboxylic acids is 1. The number of carbonyl (C=O) groups is 1. The summed E-state index contributed by atoms with van der Waals surface area (Å²) in [6, 6.07) is 5.80. The van der Waals surface area contributed by atoms with E-state index in [0.29, 0.717) is 6.42 Å². The minimum Gasteiger partial charge on any atom is -1.00 e. The lowest BCUT2D eigenvalue weighted by Gasteiger charge is -1.93. The second-order valence-electron chi connectivity index (χ2n) is 2.61. The number of carboxylic acid groups (broad SMARTS) is 1. The van der Waals surface area contributed by atoms with Gasteiger partial charge in [-0.2, -0.15) is 0 Å². The predicted molar refractivity (Wildman–Crippen MR) is 43.5 cm³/mol. The maximum Gasteiger partial charge on any atom is 0.303 e. The number of aryl methyl sites for hydroxylation is 1. The zero-order valence-corrected chi connectivity index (χ0v) is 9.35. The van der Waals surface area contributed by atoms with Gasteiger partial charge in [0.15, 0.2) is 12.4 Å². The van der Waals surface area contributed by atoms with Gasteiger partial charge >= 0.3 is 5.97 Å². The summed E-state index contributed by atoms with van der Waals surface area (Å²) < 4.78 is 1.98. The van der Waals surface area contributed by atoms with Crippen LogP contribution in [0.4, 0.5) is 0 Å². The average molecular weight is 293 g/mol. The Kier molecular flexibility index (Phi) is 6.48. The Balaban J connectivity index is 0.00000144. The number of halogens is 1. The lowest BCUT2D eigenvalue weighted by Crippen LogP contribution is -3.00. The summed E-state index contributed by atoms with van der Waals surface area (Å²) in [6.07, 6.45) is 4.79. The fourth-order valence-electron chi connectivity index (χ4n) is 0.996. The third kappa shape index (κ3) is 5.57. The fourth-order valence-corrected chi connectivity index (χ4v) is 0.996. The van der Waals surface area contributed by atoms with Crippen LogP contribution < -0.4 is 28.5 Å². The number of hydrogen-bond donors (Lipinski definition) is 1. The summed E-state index contributed by atoms with van der Waals surface area (Å²) in [5.41, 5.74) is 0. The SMILES string of the molecule is O=C(O)CCC[n+]1ccccc1.[I-]. The molecule has 1 rings (SSSR count). The zero-order chi connectivity index (χ0) is 8.81. The maximum atomic E-state index is 10.2. The first kappa shape index (κ1) is 12.3. The van der Waals surface area contributed by atoms with Crippen LogP contribution in [-0.4, -0.2) is 11.1 Å². The van der Waals surface area contributed by atoms with E-state index in [0.717, 1.165) is 6.54 Å². The molecular formula is C9H12INO2. The van der Waals surface area contributed by atoms with Crippen molar-refractivity contribution < 1.29 is 38.4 Å². The van der Waals surface area contributed by atoms with Crippen molar-refractivity contribution in [1.29, 1.82) is 0 Å². The first-order chi connectivity index (χ1) is 5.79. The molecule has 4 heteroatoms. The lowest BCUT2D eigenvalue weighted by atomic mass is 10.3. The average Bonchev–Trinajstić information content (AvgIpc) is 2.05. The molecule has 13 heavy (non-hydrogen) atoms. The van der Waals surface area contributed by atoms with Gasteiger partial charge in [0.25, 0.3) is 0 Å². The molecule has 0 aromatic carbocycles. The molecule has 0 bridgehead atoms. The molecular weight excluding hydrogens is 281 g/mol. The molecule has 1 N–H and O–H groups in total. The van der Waals surface area contributed by atoms with Gasteiger partial charge in [0, 0.05) is 18.6 Å². The number of hydrogen-bond acceptors (Lipinski definition) is 1. The number of pyridine rings is 1. The molecule has 0 radical (unpaired) electrons. The van der Waals surface area contributed by atoms with Crippen LogP contribution in [0.3, 0.4) is 0 Å². The monoisotopic (exact) mass is 293 g/mol. The largest absolute Gasteiger partial charge is 1.00 e. The van der Waals surface area contributed by atoms with Crippen molar-refractivity contribution in [2.75, 3.05) is 0 Å². The molecule has 1 aromatic rings. The van der Waals surface area contributed by atoms with Crippen LogP contribution in [0.5, 0.6) is 0 Å². The Hall–Kier alpha value is -0.650. The molecule has 0 aliphatic heterocycles. The molecule has 1 heterocycles. The molecule has 0 spiro atoms. The molecule has 3 nitrogen and oxygen atoms in total. The van der Waals surface area contributed by atoms with Gasteiger partial charge in [-0.3, -0.25) is 4.79 Å². The van der Waals surface area contributed by atoms with Crippen LogP contribution in [0.15, 0.2) is 30.6 Å². The molecule has 72 valence electrons. The van der Waals surface area contributed by atoms with Crippen LogP contribution in [0.1, 0.15) is 12.8 Å². The van der Waals surface area contributed by atoms with Crippen molar-refractivity contribution in [3.63, 3.8) is 0 Å². The molecule has 0 aliphatic rings. The Morgan fingerprint density at radius 1 is 1.23 bits per heavy atom. The van der Waals surface area contributed by atoms with E-state index in [1.807, 2.05) is 35.2 Å². The maximum absolute atomic E-state index is 10.2. The summed E-state index contributed by atoms with van der Waals surface area (Å²) in [7, 11) is 0. The summed E-state index contributed by atoms with van der Waals surface area (Å²) in [5, 5.41) is 8.38. The van der Waals surface area contributed by atoms with Crippen molar-refractivity contribution in [1.82, 2.24) is 0 Å². The van der Waals surface area contributed by atoms with Crippen LogP contribution >= 0.6 is 0 Å². The molecule has 0 atom stereocenters. The van der Waals surface area contributed by atoms with E-state index in [4.69, 9.17) is 5.11 Å². The fraction of sp³-hybridized carbons (Fsp3) is 0.333. The second kappa shape index (κ2) is 6.82. The van der Waals surface area contributed by atoms with Gasteiger partial charge in [-0.25, -0.2) is 4.57 Å². The summed E-state index contributed by atoms with van der Waals surface area (Å²) >= 11 is 0. The first-order valence-electron chi connectivity index (χ1n) is 3.95. The Labute approximate surface area is 94.4 Å². The minimum atomic E-state index is -0.730. The van der Waals surface area contributed by atoms with E-state index in [1.165, 1.54) is 0 Å². The Bertz CT molecular complexity index is 251. The van der Waals surface area contributed by atoms with Crippen molar-refractivity contribution in [3.05, 3.63) is 30.6 Å². The highest BCUT2D eigenvalue weighted by Gasteiger charge is 2.00. The minimum absolute atomic E-state index is 0. The van der Waals surface area contributed by atoms with Gasteiger partial charge in [0.1, 0.15) is 6.54 Å². The molecule has 1 aromatic heterocycles. The third-order valence-corrected chi connectivity index (χ3v) is 1.58. The highest BCUT2D eigenvalue weighted by atomic mass is 127. The summed E-state index contributed by atoms with van der Waals surface area (Å²) in [5.74, 6) is -0.730. The lowest BCUT2D eigenvalue weighted by molar-refractivity contribution is -0.697. The number of aromatic nitrogens is 1. The van der Waals surface area contributed by atoms with Crippen molar-refractivity contribution in [3.8, 4) is 0 Å². The van der Waals surface area contributed by atoms with Gasteiger partial charge < -0.3 is 29.1 Å². The highest BCUT2D eigenvalue weighted by Crippen LogP contribution is 1.88. The van der Waals surface area contributed by atoms with Crippen LogP contribution in [0.25, 0.3) is 0 Å². The first-order valence-corrected chi connectivity index (χ1v) is 3.95.